The molecule has 5 heteroatoms. The molecule has 1 saturated heterocycles. The largest absolute Gasteiger partial charge is 0.399 e. The number of nitrogen functional groups attached to an aromatic ring is 1. The molecule has 0 aromatic heterocycles. The van der Waals surface area contributed by atoms with Gasteiger partial charge < -0.3 is 15.5 Å². The fourth-order valence-corrected chi connectivity index (χ4v) is 3.27. The van der Waals surface area contributed by atoms with Crippen molar-refractivity contribution in [3.63, 3.8) is 0 Å². The number of nitrogens with two attached hydrogens (primary N) is 1. The van der Waals surface area contributed by atoms with Crippen LogP contribution in [0.5, 0.6) is 0 Å². The van der Waals surface area contributed by atoms with Crippen LogP contribution in [0.2, 0.25) is 0 Å². The van der Waals surface area contributed by atoms with Crippen LogP contribution in [0.1, 0.15) is 30.1 Å². The maximum Gasteiger partial charge on any atom is 0.254 e. The van der Waals surface area contributed by atoms with Crippen molar-refractivity contribution in [1.29, 1.82) is 0 Å². The van der Waals surface area contributed by atoms with Crippen LogP contribution in [0.4, 0.5) is 5.69 Å². The summed E-state index contributed by atoms with van der Waals surface area (Å²) in [5.41, 5.74) is 7.12. The highest BCUT2D eigenvalue weighted by molar-refractivity contribution is 9.10. The monoisotopic (exact) mass is 339 g/mol. The van der Waals surface area contributed by atoms with E-state index in [1.807, 2.05) is 17.0 Å². The smallest absolute Gasteiger partial charge is 0.254 e. The zero-order valence-corrected chi connectivity index (χ0v) is 13.7. The summed E-state index contributed by atoms with van der Waals surface area (Å²) in [5, 5.41) is 0. The number of benzene rings is 1. The fraction of sp³-hybridized carbons (Fsp3) is 0.533. The van der Waals surface area contributed by atoms with Crippen molar-refractivity contribution >= 4 is 27.5 Å². The van der Waals surface area contributed by atoms with Gasteiger partial charge in [0.2, 0.25) is 0 Å². The van der Waals surface area contributed by atoms with Gasteiger partial charge >= 0.3 is 0 Å². The van der Waals surface area contributed by atoms with Crippen molar-refractivity contribution in [2.75, 3.05) is 32.4 Å². The van der Waals surface area contributed by atoms with E-state index in [0.29, 0.717) is 11.3 Å². The summed E-state index contributed by atoms with van der Waals surface area (Å²) >= 11 is 3.40. The van der Waals surface area contributed by atoms with Crippen LogP contribution in [0.15, 0.2) is 22.7 Å². The third-order valence-electron chi connectivity index (χ3n) is 3.80. The predicted molar refractivity (Wildman–Crippen MR) is 85.8 cm³/mol. The van der Waals surface area contributed by atoms with E-state index >= 15 is 0 Å². The lowest BCUT2D eigenvalue weighted by atomic mass is 10.1. The van der Waals surface area contributed by atoms with Crippen molar-refractivity contribution in [2.24, 2.45) is 0 Å². The molecule has 2 rings (SSSR count). The molecule has 110 valence electrons. The quantitative estimate of drug-likeness (QED) is 0.842. The number of halogens is 1. The molecule has 0 radical (unpaired) electrons. The summed E-state index contributed by atoms with van der Waals surface area (Å²) in [6.45, 7) is 4.93. The van der Waals surface area contributed by atoms with Gasteiger partial charge in [-0.25, -0.2) is 0 Å². The number of carbonyl (C=O) groups excluding carboxylic acids is 1. The molecule has 0 bridgehead atoms. The molecule has 1 fully saturated rings. The first-order valence-electron chi connectivity index (χ1n) is 7.07. The number of carbonyl (C=O) groups is 1. The zero-order chi connectivity index (χ0) is 14.7. The van der Waals surface area contributed by atoms with E-state index in [0.717, 1.165) is 36.9 Å². The topological polar surface area (TPSA) is 49.6 Å². The van der Waals surface area contributed by atoms with Crippen LogP contribution in [0, 0.1) is 0 Å². The van der Waals surface area contributed by atoms with Crippen LogP contribution in [0.3, 0.4) is 0 Å². The van der Waals surface area contributed by atoms with Gasteiger partial charge in [0, 0.05) is 34.9 Å². The Labute approximate surface area is 129 Å². The molecular weight excluding hydrogens is 318 g/mol. The average Bonchev–Trinajstić information content (AvgIpc) is 2.58. The Morgan fingerprint density at radius 3 is 2.80 bits per heavy atom. The molecule has 1 heterocycles. The Hall–Kier alpha value is -1.07. The highest BCUT2D eigenvalue weighted by Crippen LogP contribution is 2.21. The molecule has 1 unspecified atom stereocenters. The molecule has 0 spiro atoms. The summed E-state index contributed by atoms with van der Waals surface area (Å²) in [7, 11) is 2.12. The molecule has 1 atom stereocenters. The minimum atomic E-state index is 0.0835. The number of hydrogen-bond donors (Lipinski definition) is 1. The van der Waals surface area contributed by atoms with Gasteiger partial charge in [-0.05, 0) is 44.6 Å². The minimum Gasteiger partial charge on any atom is -0.399 e. The number of anilines is 1. The van der Waals surface area contributed by atoms with Crippen molar-refractivity contribution < 1.29 is 4.79 Å². The summed E-state index contributed by atoms with van der Waals surface area (Å²) < 4.78 is 0.848. The fourth-order valence-electron chi connectivity index (χ4n) is 2.76. The molecule has 0 saturated carbocycles. The van der Waals surface area contributed by atoms with Crippen molar-refractivity contribution in [2.45, 2.75) is 25.8 Å². The third kappa shape index (κ3) is 3.52. The van der Waals surface area contributed by atoms with Crippen LogP contribution < -0.4 is 5.73 Å². The first kappa shape index (κ1) is 15.3. The SMILES string of the molecule is CCC1CN(C)CCCN1C(=O)c1cc(N)cc(Br)c1. The van der Waals surface area contributed by atoms with Crippen LogP contribution in [0.25, 0.3) is 0 Å². The molecule has 1 aliphatic rings. The van der Waals surface area contributed by atoms with Gasteiger partial charge in [0.05, 0.1) is 0 Å². The van der Waals surface area contributed by atoms with E-state index in [4.69, 9.17) is 5.73 Å². The van der Waals surface area contributed by atoms with Gasteiger partial charge in [0.25, 0.3) is 5.91 Å². The molecule has 2 N–H and O–H groups in total. The van der Waals surface area contributed by atoms with Gasteiger partial charge in [-0.2, -0.15) is 0 Å². The van der Waals surface area contributed by atoms with Crippen molar-refractivity contribution in [3.8, 4) is 0 Å². The van der Waals surface area contributed by atoms with Crippen LogP contribution in [-0.2, 0) is 0 Å². The molecule has 1 aliphatic heterocycles. The standard InChI is InChI=1S/C15H22BrN3O/c1-3-14-10-18(2)5-4-6-19(14)15(20)11-7-12(16)9-13(17)8-11/h7-9,14H,3-6,10,17H2,1-2H3. The van der Waals surface area contributed by atoms with Gasteiger partial charge in [0.15, 0.2) is 0 Å². The Morgan fingerprint density at radius 2 is 2.15 bits per heavy atom. The summed E-state index contributed by atoms with van der Waals surface area (Å²) in [6, 6.07) is 5.69. The van der Waals surface area contributed by atoms with Gasteiger partial charge in [-0.15, -0.1) is 0 Å². The maximum atomic E-state index is 12.8. The van der Waals surface area contributed by atoms with Gasteiger partial charge in [-0.1, -0.05) is 22.9 Å². The van der Waals surface area contributed by atoms with E-state index in [1.165, 1.54) is 0 Å². The predicted octanol–water partition coefficient (Wildman–Crippen LogP) is 2.59. The number of likely N-dealkylation sites (N-methyl/N-ethyl adjacent to an activating group) is 1. The molecule has 1 aromatic carbocycles. The Bertz CT molecular complexity index is 472. The van der Waals surface area contributed by atoms with Gasteiger partial charge in [-0.3, -0.25) is 4.79 Å². The average molecular weight is 340 g/mol. The first-order chi connectivity index (χ1) is 9.51. The van der Waals surface area contributed by atoms with E-state index in [-0.39, 0.29) is 11.9 Å². The zero-order valence-electron chi connectivity index (χ0n) is 12.1. The van der Waals surface area contributed by atoms with Crippen molar-refractivity contribution in [3.05, 3.63) is 28.2 Å². The highest BCUT2D eigenvalue weighted by Gasteiger charge is 2.27. The van der Waals surface area contributed by atoms with E-state index in [1.54, 1.807) is 6.07 Å². The molecule has 1 amide bonds. The molecule has 1 aromatic rings. The molecule has 20 heavy (non-hydrogen) atoms. The van der Waals surface area contributed by atoms with E-state index in [9.17, 15) is 4.79 Å². The second kappa shape index (κ2) is 6.59. The lowest BCUT2D eigenvalue weighted by Crippen LogP contribution is -2.43. The van der Waals surface area contributed by atoms with Crippen LogP contribution >= 0.6 is 15.9 Å². The van der Waals surface area contributed by atoms with Crippen LogP contribution in [-0.4, -0.2) is 48.4 Å². The Morgan fingerprint density at radius 1 is 1.40 bits per heavy atom. The molecule has 0 aliphatic carbocycles. The molecule has 4 nitrogen and oxygen atoms in total. The second-order valence-electron chi connectivity index (χ2n) is 5.45. The number of nitrogens with zero attached hydrogens (tertiary/aromatic N) is 2. The number of amides is 1. The Balaban J connectivity index is 2.25. The van der Waals surface area contributed by atoms with E-state index in [2.05, 4.69) is 34.8 Å². The van der Waals surface area contributed by atoms with Gasteiger partial charge in [0.1, 0.15) is 0 Å². The maximum absolute atomic E-state index is 12.8. The lowest BCUT2D eigenvalue weighted by Gasteiger charge is -2.30. The lowest BCUT2D eigenvalue weighted by molar-refractivity contribution is 0.0675. The summed E-state index contributed by atoms with van der Waals surface area (Å²) in [4.78, 5) is 17.1. The first-order valence-corrected chi connectivity index (χ1v) is 7.86. The van der Waals surface area contributed by atoms with E-state index < -0.39 is 0 Å². The van der Waals surface area contributed by atoms with Crippen molar-refractivity contribution in [1.82, 2.24) is 9.80 Å². The normalized spacial score (nSPS) is 20.8. The summed E-state index contributed by atoms with van der Waals surface area (Å²) in [5.74, 6) is 0.0835. The molecular formula is C15H22BrN3O. The Kier molecular flexibility index (Phi) is 5.05. The minimum absolute atomic E-state index is 0.0835. The summed E-state index contributed by atoms with van der Waals surface area (Å²) in [6.07, 6.45) is 1.99. The number of rotatable bonds is 2. The third-order valence-corrected chi connectivity index (χ3v) is 4.26. The second-order valence-corrected chi connectivity index (χ2v) is 6.37. The highest BCUT2D eigenvalue weighted by atomic mass is 79.9. The number of hydrogen-bond acceptors (Lipinski definition) is 3.